The van der Waals surface area contributed by atoms with Crippen LogP contribution in [0.3, 0.4) is 0 Å². The minimum Gasteiger partial charge on any atom is -0.477 e. The Kier molecular flexibility index (Phi) is 6.24. The fraction of sp³-hybridized carbons (Fsp3) is 0.222. The van der Waals surface area contributed by atoms with Gasteiger partial charge in [-0.15, -0.1) is 11.8 Å². The Hall–Kier alpha value is -1.96. The van der Waals surface area contributed by atoms with Crippen molar-refractivity contribution >= 4 is 52.3 Å². The molecule has 3 rings (SSSR count). The molecule has 0 spiro atoms. The molecule has 0 saturated carbocycles. The van der Waals surface area contributed by atoms with Crippen molar-refractivity contribution in [2.45, 2.75) is 11.0 Å². The van der Waals surface area contributed by atoms with Gasteiger partial charge in [-0.2, -0.15) is 0 Å². The third kappa shape index (κ3) is 4.60. The van der Waals surface area contributed by atoms with Gasteiger partial charge in [0.05, 0.1) is 12.2 Å². The summed E-state index contributed by atoms with van der Waals surface area (Å²) in [4.78, 5) is 14.6. The van der Waals surface area contributed by atoms with Gasteiger partial charge in [-0.05, 0) is 48.6 Å². The predicted molar refractivity (Wildman–Crippen MR) is 110 cm³/mol. The first-order chi connectivity index (χ1) is 12.5. The SMILES string of the molecule is NC(=O)[C@@H]1CN(C(=S)NCCSc2ccc(Cl)cc2)c2ccccc2O1. The molecular formula is C18H18ClN3O2S2. The molecule has 1 heterocycles. The number of thioether (sulfide) groups is 1. The van der Waals surface area contributed by atoms with Crippen LogP contribution in [0.5, 0.6) is 5.75 Å². The Labute approximate surface area is 166 Å². The van der Waals surface area contributed by atoms with Gasteiger partial charge >= 0.3 is 0 Å². The van der Waals surface area contributed by atoms with E-state index in [4.69, 9.17) is 34.3 Å². The molecule has 5 nitrogen and oxygen atoms in total. The van der Waals surface area contributed by atoms with E-state index in [0.29, 0.717) is 24.0 Å². The number of anilines is 1. The van der Waals surface area contributed by atoms with Crippen LogP contribution in [-0.4, -0.2) is 36.0 Å². The lowest BCUT2D eigenvalue weighted by Gasteiger charge is -2.35. The fourth-order valence-electron chi connectivity index (χ4n) is 2.53. The number of halogens is 1. The first kappa shape index (κ1) is 18.8. The van der Waals surface area contributed by atoms with Crippen LogP contribution in [0.4, 0.5) is 5.69 Å². The van der Waals surface area contributed by atoms with E-state index in [1.165, 1.54) is 0 Å². The van der Waals surface area contributed by atoms with E-state index in [1.807, 2.05) is 47.4 Å². The number of amides is 1. The number of primary amides is 1. The summed E-state index contributed by atoms with van der Waals surface area (Å²) in [5.74, 6) is 0.931. The summed E-state index contributed by atoms with van der Waals surface area (Å²) in [5, 5.41) is 4.51. The number of para-hydroxylation sites is 2. The first-order valence-electron chi connectivity index (χ1n) is 8.03. The molecule has 3 N–H and O–H groups in total. The summed E-state index contributed by atoms with van der Waals surface area (Å²) in [6, 6.07) is 15.2. The number of rotatable bonds is 5. The van der Waals surface area contributed by atoms with Crippen LogP contribution in [0.2, 0.25) is 5.02 Å². The summed E-state index contributed by atoms with van der Waals surface area (Å²) in [7, 11) is 0. The average molecular weight is 408 g/mol. The van der Waals surface area contributed by atoms with Crippen LogP contribution in [0.15, 0.2) is 53.4 Å². The Morgan fingerprint density at radius 2 is 2.04 bits per heavy atom. The zero-order valence-electron chi connectivity index (χ0n) is 13.9. The second-order valence-corrected chi connectivity index (χ2v) is 7.61. The quantitative estimate of drug-likeness (QED) is 0.451. The second kappa shape index (κ2) is 8.62. The highest BCUT2D eigenvalue weighted by molar-refractivity contribution is 7.99. The summed E-state index contributed by atoms with van der Waals surface area (Å²) >= 11 is 13.1. The summed E-state index contributed by atoms with van der Waals surface area (Å²) in [6.45, 7) is 0.982. The zero-order chi connectivity index (χ0) is 18.5. The number of benzene rings is 2. The van der Waals surface area contributed by atoms with Gasteiger partial charge in [-0.25, -0.2) is 0 Å². The third-order valence-corrected chi connectivity index (χ3v) is 5.43. The van der Waals surface area contributed by atoms with Crippen molar-refractivity contribution in [2.75, 3.05) is 23.7 Å². The van der Waals surface area contributed by atoms with Gasteiger partial charge in [0.25, 0.3) is 5.91 Å². The molecule has 1 aliphatic rings. The van der Waals surface area contributed by atoms with Crippen LogP contribution < -0.4 is 20.7 Å². The Bertz CT molecular complexity index is 801. The van der Waals surface area contributed by atoms with E-state index in [1.54, 1.807) is 17.8 Å². The number of ether oxygens (including phenoxy) is 1. The monoisotopic (exact) mass is 407 g/mol. The van der Waals surface area contributed by atoms with Crippen molar-refractivity contribution in [2.24, 2.45) is 5.73 Å². The van der Waals surface area contributed by atoms with Gasteiger partial charge in [0.15, 0.2) is 11.2 Å². The molecule has 1 amide bonds. The van der Waals surface area contributed by atoms with Gasteiger partial charge < -0.3 is 20.7 Å². The van der Waals surface area contributed by atoms with E-state index in [2.05, 4.69) is 5.32 Å². The van der Waals surface area contributed by atoms with Crippen molar-refractivity contribution in [1.29, 1.82) is 0 Å². The van der Waals surface area contributed by atoms with Gasteiger partial charge in [0.2, 0.25) is 0 Å². The molecule has 8 heteroatoms. The van der Waals surface area contributed by atoms with Gasteiger partial charge in [0.1, 0.15) is 5.75 Å². The fourth-order valence-corrected chi connectivity index (χ4v) is 3.70. The number of nitrogens with two attached hydrogens (primary N) is 1. The lowest BCUT2D eigenvalue weighted by molar-refractivity contribution is -0.124. The average Bonchev–Trinajstić information content (AvgIpc) is 2.65. The summed E-state index contributed by atoms with van der Waals surface area (Å²) in [6.07, 6.45) is -0.729. The molecule has 2 aromatic carbocycles. The molecule has 136 valence electrons. The largest absolute Gasteiger partial charge is 0.477 e. The van der Waals surface area contributed by atoms with E-state index < -0.39 is 12.0 Å². The van der Waals surface area contributed by atoms with Crippen molar-refractivity contribution in [3.05, 3.63) is 53.6 Å². The Morgan fingerprint density at radius 1 is 1.31 bits per heavy atom. The third-order valence-electron chi connectivity index (χ3n) is 3.80. The first-order valence-corrected chi connectivity index (χ1v) is 9.80. The van der Waals surface area contributed by atoms with Crippen molar-refractivity contribution in [3.63, 3.8) is 0 Å². The molecule has 0 saturated heterocycles. The van der Waals surface area contributed by atoms with E-state index in [0.717, 1.165) is 21.4 Å². The number of nitrogens with zero attached hydrogens (tertiary/aromatic N) is 1. The number of thiocarbonyl (C=S) groups is 1. The highest BCUT2D eigenvalue weighted by atomic mass is 35.5. The highest BCUT2D eigenvalue weighted by Crippen LogP contribution is 2.33. The highest BCUT2D eigenvalue weighted by Gasteiger charge is 2.30. The van der Waals surface area contributed by atoms with Crippen molar-refractivity contribution < 1.29 is 9.53 Å². The molecule has 1 aliphatic heterocycles. The number of hydrogen-bond acceptors (Lipinski definition) is 4. The van der Waals surface area contributed by atoms with Gasteiger partial charge in [-0.3, -0.25) is 4.79 Å². The molecule has 0 aromatic heterocycles. The van der Waals surface area contributed by atoms with Gasteiger partial charge in [0, 0.05) is 22.2 Å². The van der Waals surface area contributed by atoms with E-state index >= 15 is 0 Å². The minimum absolute atomic E-state index is 0.294. The molecule has 0 aliphatic carbocycles. The number of hydrogen-bond donors (Lipinski definition) is 2. The number of carbonyl (C=O) groups excluding carboxylic acids is 1. The molecule has 0 bridgehead atoms. The summed E-state index contributed by atoms with van der Waals surface area (Å²) < 4.78 is 5.65. The molecule has 0 unspecified atom stereocenters. The Morgan fingerprint density at radius 3 is 2.77 bits per heavy atom. The predicted octanol–water partition coefficient (Wildman–Crippen LogP) is 3.06. The maximum atomic E-state index is 11.6. The smallest absolute Gasteiger partial charge is 0.260 e. The van der Waals surface area contributed by atoms with Crippen molar-refractivity contribution in [1.82, 2.24) is 5.32 Å². The van der Waals surface area contributed by atoms with E-state index in [-0.39, 0.29) is 0 Å². The molecular weight excluding hydrogens is 390 g/mol. The number of fused-ring (bicyclic) bond motifs is 1. The molecule has 2 aromatic rings. The maximum absolute atomic E-state index is 11.6. The van der Waals surface area contributed by atoms with Crippen molar-refractivity contribution in [3.8, 4) is 5.75 Å². The number of nitrogens with one attached hydrogen (secondary N) is 1. The molecule has 0 radical (unpaired) electrons. The molecule has 26 heavy (non-hydrogen) atoms. The summed E-state index contributed by atoms with van der Waals surface area (Å²) in [5.41, 5.74) is 6.24. The lowest BCUT2D eigenvalue weighted by Crippen LogP contribution is -2.52. The normalized spacial score (nSPS) is 15.7. The Balaban J connectivity index is 1.58. The van der Waals surface area contributed by atoms with Crippen LogP contribution in [0, 0.1) is 0 Å². The number of carbonyl (C=O) groups is 1. The van der Waals surface area contributed by atoms with Crippen LogP contribution in [0.25, 0.3) is 0 Å². The minimum atomic E-state index is -0.729. The van der Waals surface area contributed by atoms with Crippen LogP contribution in [0.1, 0.15) is 0 Å². The van der Waals surface area contributed by atoms with Crippen LogP contribution >= 0.6 is 35.6 Å². The lowest BCUT2D eigenvalue weighted by atomic mass is 10.2. The molecule has 1 atom stereocenters. The standard InChI is InChI=1S/C18H18ClN3O2S2/c19-12-5-7-13(8-6-12)26-10-9-21-18(25)22-11-16(17(20)23)24-15-4-2-1-3-14(15)22/h1-8,16H,9-11H2,(H2,20,23)(H,21,25)/t16-/m0/s1. The zero-order valence-corrected chi connectivity index (χ0v) is 16.2. The molecule has 0 fully saturated rings. The topological polar surface area (TPSA) is 67.6 Å². The maximum Gasteiger partial charge on any atom is 0.260 e. The van der Waals surface area contributed by atoms with Gasteiger partial charge in [-0.1, -0.05) is 23.7 Å². The second-order valence-electron chi connectivity index (χ2n) is 5.62. The van der Waals surface area contributed by atoms with Crippen LogP contribution in [-0.2, 0) is 4.79 Å². The van der Waals surface area contributed by atoms with E-state index in [9.17, 15) is 4.79 Å².